The average molecular weight is 286 g/mol. The second-order valence-corrected chi connectivity index (χ2v) is 4.97. The van der Waals surface area contributed by atoms with E-state index >= 15 is 0 Å². The van der Waals surface area contributed by atoms with Crippen LogP contribution in [0.2, 0.25) is 0 Å². The topological polar surface area (TPSA) is 40.5 Å². The quantitative estimate of drug-likeness (QED) is 0.863. The molecule has 1 aliphatic heterocycles. The highest BCUT2D eigenvalue weighted by atomic mass is 35.5. The van der Waals surface area contributed by atoms with E-state index < -0.39 is 0 Å². The van der Waals surface area contributed by atoms with Crippen LogP contribution >= 0.6 is 24.2 Å². The molecule has 5 heteroatoms. The van der Waals surface area contributed by atoms with Gasteiger partial charge in [0.1, 0.15) is 0 Å². The molecule has 98 valence electrons. The van der Waals surface area contributed by atoms with Gasteiger partial charge in [0.25, 0.3) is 0 Å². The van der Waals surface area contributed by atoms with Crippen LogP contribution in [0.15, 0.2) is 40.9 Å². The van der Waals surface area contributed by atoms with Gasteiger partial charge in [0.15, 0.2) is 5.78 Å². The van der Waals surface area contributed by atoms with Crippen molar-refractivity contribution in [3.63, 3.8) is 0 Å². The van der Waals surface area contributed by atoms with Crippen molar-refractivity contribution in [3.05, 3.63) is 46.5 Å². The van der Waals surface area contributed by atoms with Crippen LogP contribution in [0.1, 0.15) is 17.3 Å². The lowest BCUT2D eigenvalue weighted by Gasteiger charge is -2.18. The van der Waals surface area contributed by atoms with E-state index in [0.29, 0.717) is 6.54 Å². The van der Waals surface area contributed by atoms with Crippen LogP contribution in [0, 0.1) is 0 Å². The summed E-state index contributed by atoms with van der Waals surface area (Å²) in [5, 5.41) is 9.12. The first kappa shape index (κ1) is 15.1. The highest BCUT2D eigenvalue weighted by molar-refractivity contribution is 8.03. The third-order valence-corrected chi connectivity index (χ3v) is 4.06. The number of hydrogen-bond donors (Lipinski definition) is 1. The summed E-state index contributed by atoms with van der Waals surface area (Å²) in [4.78, 5) is 15.0. The van der Waals surface area contributed by atoms with Gasteiger partial charge < -0.3 is 10.0 Å². The maximum Gasteiger partial charge on any atom is 0.182 e. The van der Waals surface area contributed by atoms with Gasteiger partial charge in [-0.15, -0.1) is 24.2 Å². The highest BCUT2D eigenvalue weighted by Gasteiger charge is 2.21. The number of Topliss-reactive ketones (excluding diaryl/α,β-unsaturated/α-hetero) is 1. The Labute approximate surface area is 117 Å². The predicted molar refractivity (Wildman–Crippen MR) is 77.0 cm³/mol. The minimum absolute atomic E-state index is 0. The van der Waals surface area contributed by atoms with Gasteiger partial charge in [0.05, 0.1) is 19.0 Å². The van der Waals surface area contributed by atoms with Crippen molar-refractivity contribution in [1.29, 1.82) is 0 Å². The zero-order valence-electron chi connectivity index (χ0n) is 10.1. The van der Waals surface area contributed by atoms with E-state index in [9.17, 15) is 4.79 Å². The molecule has 0 aromatic heterocycles. The number of ketones is 1. The van der Waals surface area contributed by atoms with Gasteiger partial charge in [0.2, 0.25) is 0 Å². The largest absolute Gasteiger partial charge is 0.391 e. The molecule has 1 aliphatic rings. The lowest BCUT2D eigenvalue weighted by atomic mass is 10.1. The van der Waals surface area contributed by atoms with Crippen LogP contribution in [0.25, 0.3) is 0 Å². The van der Waals surface area contributed by atoms with Crippen molar-refractivity contribution in [3.8, 4) is 0 Å². The van der Waals surface area contributed by atoms with E-state index in [1.54, 1.807) is 11.8 Å². The second kappa shape index (κ2) is 6.83. The first-order valence-electron chi connectivity index (χ1n) is 5.49. The Balaban J connectivity index is 0.00000162. The molecule has 2 rings (SSSR count). The van der Waals surface area contributed by atoms with Gasteiger partial charge in [-0.05, 0) is 6.92 Å². The van der Waals surface area contributed by atoms with Crippen LogP contribution in [0.3, 0.4) is 0 Å². The molecule has 1 aromatic carbocycles. The molecule has 1 heterocycles. The molecule has 1 N–H and O–H groups in total. The number of carbonyl (C=O) groups is 1. The zero-order chi connectivity index (χ0) is 12.3. The van der Waals surface area contributed by atoms with Gasteiger partial charge in [-0.1, -0.05) is 30.3 Å². The van der Waals surface area contributed by atoms with E-state index in [1.165, 1.54) is 0 Å². The van der Waals surface area contributed by atoms with Crippen molar-refractivity contribution >= 4 is 30.0 Å². The molecule has 0 saturated carbocycles. The molecule has 1 aromatic rings. The number of rotatable bonds is 4. The first-order chi connectivity index (χ1) is 8.22. The molecule has 0 saturated heterocycles. The fourth-order valence-corrected chi connectivity index (χ4v) is 2.77. The molecule has 0 aliphatic carbocycles. The summed E-state index contributed by atoms with van der Waals surface area (Å²) in [5.41, 5.74) is 1.75. The van der Waals surface area contributed by atoms with Crippen molar-refractivity contribution in [1.82, 2.24) is 4.90 Å². The number of aliphatic hydroxyl groups excluding tert-OH is 1. The maximum atomic E-state index is 12.0. The monoisotopic (exact) mass is 285 g/mol. The summed E-state index contributed by atoms with van der Waals surface area (Å²) in [6.45, 7) is 2.39. The summed E-state index contributed by atoms with van der Waals surface area (Å²) in [6.07, 6.45) is 0. The summed E-state index contributed by atoms with van der Waals surface area (Å²) in [6, 6.07) is 9.30. The van der Waals surface area contributed by atoms with E-state index in [1.807, 2.05) is 42.2 Å². The number of aliphatic hydroxyl groups is 1. The lowest BCUT2D eigenvalue weighted by Crippen LogP contribution is -2.25. The average Bonchev–Trinajstić information content (AvgIpc) is 2.71. The van der Waals surface area contributed by atoms with E-state index in [2.05, 4.69) is 0 Å². The van der Waals surface area contributed by atoms with E-state index in [4.69, 9.17) is 5.11 Å². The van der Waals surface area contributed by atoms with Gasteiger partial charge in [0, 0.05) is 16.2 Å². The molecule has 0 unspecified atom stereocenters. The molecule has 0 spiro atoms. The Kier molecular flexibility index (Phi) is 5.72. The molecule has 0 amide bonds. The summed E-state index contributed by atoms with van der Waals surface area (Å²) < 4.78 is 0. The standard InChI is InChI=1S/C13H15NO2S.ClH/c1-10-13(8-15)17-9-14(10)7-12(16)11-5-3-2-4-6-11;/h2-6,15H,7-9H2,1H3;1H. The highest BCUT2D eigenvalue weighted by Crippen LogP contribution is 2.30. The third-order valence-electron chi connectivity index (χ3n) is 2.85. The Hall–Kier alpha value is -0.970. The molecule has 0 bridgehead atoms. The molecule has 18 heavy (non-hydrogen) atoms. The van der Waals surface area contributed by atoms with Crippen LogP contribution in [0.4, 0.5) is 0 Å². The van der Waals surface area contributed by atoms with Crippen molar-refractivity contribution in [2.24, 2.45) is 0 Å². The van der Waals surface area contributed by atoms with Gasteiger partial charge in [-0.25, -0.2) is 0 Å². The normalized spacial score (nSPS) is 14.7. The second-order valence-electron chi connectivity index (χ2n) is 3.93. The first-order valence-corrected chi connectivity index (χ1v) is 6.47. The summed E-state index contributed by atoms with van der Waals surface area (Å²) in [7, 11) is 0. The molecule has 0 fully saturated rings. The predicted octanol–water partition coefficient (Wildman–Crippen LogP) is 2.52. The number of halogens is 1. The Morgan fingerprint density at radius 1 is 1.39 bits per heavy atom. The number of nitrogens with zero attached hydrogens (tertiary/aromatic N) is 1. The smallest absolute Gasteiger partial charge is 0.182 e. The Morgan fingerprint density at radius 2 is 2.06 bits per heavy atom. The van der Waals surface area contributed by atoms with E-state index in [0.717, 1.165) is 22.0 Å². The number of thioether (sulfide) groups is 1. The van der Waals surface area contributed by atoms with Crippen LogP contribution in [0.5, 0.6) is 0 Å². The number of allylic oxidation sites excluding steroid dienone is 1. The number of hydrogen-bond acceptors (Lipinski definition) is 4. The van der Waals surface area contributed by atoms with Gasteiger partial charge >= 0.3 is 0 Å². The van der Waals surface area contributed by atoms with Gasteiger partial charge in [-0.2, -0.15) is 0 Å². The zero-order valence-corrected chi connectivity index (χ0v) is 11.8. The lowest BCUT2D eigenvalue weighted by molar-refractivity contribution is 0.0958. The Bertz CT molecular complexity index is 448. The van der Waals surface area contributed by atoms with E-state index in [-0.39, 0.29) is 24.8 Å². The Morgan fingerprint density at radius 3 is 2.61 bits per heavy atom. The van der Waals surface area contributed by atoms with Crippen LogP contribution in [-0.2, 0) is 0 Å². The van der Waals surface area contributed by atoms with Crippen molar-refractivity contribution in [2.75, 3.05) is 19.0 Å². The fourth-order valence-electron chi connectivity index (χ4n) is 1.75. The molecule has 3 nitrogen and oxygen atoms in total. The molecular formula is C13H16ClNO2S. The van der Waals surface area contributed by atoms with Crippen molar-refractivity contribution < 1.29 is 9.90 Å². The molecule has 0 atom stereocenters. The van der Waals surface area contributed by atoms with Crippen LogP contribution < -0.4 is 0 Å². The SMILES string of the molecule is CC1=C(CO)SCN1CC(=O)c1ccccc1.Cl. The van der Waals surface area contributed by atoms with Crippen LogP contribution in [-0.4, -0.2) is 34.8 Å². The molecule has 0 radical (unpaired) electrons. The number of carbonyl (C=O) groups excluding carboxylic acids is 1. The summed E-state index contributed by atoms with van der Waals surface area (Å²) >= 11 is 1.60. The van der Waals surface area contributed by atoms with Crippen molar-refractivity contribution in [2.45, 2.75) is 6.92 Å². The summed E-state index contributed by atoms with van der Waals surface area (Å²) in [5.74, 6) is 0.866. The minimum Gasteiger partial charge on any atom is -0.391 e. The number of benzene rings is 1. The third kappa shape index (κ3) is 3.28. The fraction of sp³-hybridized carbons (Fsp3) is 0.308. The maximum absolute atomic E-state index is 12.0. The molecular weight excluding hydrogens is 270 g/mol. The van der Waals surface area contributed by atoms with Gasteiger partial charge in [-0.3, -0.25) is 4.79 Å². The minimum atomic E-state index is 0.